The molecule has 0 aliphatic carbocycles. The van der Waals surface area contributed by atoms with Crippen LogP contribution in [0.5, 0.6) is 28.7 Å². The largest absolute Gasteiger partial charge is 0.493 e. The standard InChI is InChI=1S/C34H30BrN3O7S/c1-7-13-45-30-23(35)14-20(15-24(30)41-3)16-27-33(40)38-29(21-17-25(42-4)31(44-6)26(18-21)43-5)28(19(2)36-34(38)46-27)32(39)37-22-11-9-8-10-12-22/h1,8-12,14-18,29H,13H2,2-6H3,(H,37,39)/b27-16-/t29-/m0/s1. The summed E-state index contributed by atoms with van der Waals surface area (Å²) in [6.07, 6.45) is 7.09. The van der Waals surface area contributed by atoms with Crippen LogP contribution in [0.15, 0.2) is 80.1 Å². The normalized spacial score (nSPS) is 14.1. The second-order valence-electron chi connectivity index (χ2n) is 9.89. The molecule has 1 aliphatic heterocycles. The number of hydrogen-bond acceptors (Lipinski definition) is 9. The van der Waals surface area contributed by atoms with E-state index in [0.29, 0.717) is 65.1 Å². The zero-order valence-corrected chi connectivity index (χ0v) is 28.1. The van der Waals surface area contributed by atoms with Gasteiger partial charge in [0.2, 0.25) is 5.75 Å². The number of anilines is 1. The summed E-state index contributed by atoms with van der Waals surface area (Å²) >= 11 is 4.72. The average Bonchev–Trinajstić information content (AvgIpc) is 3.36. The maximum Gasteiger partial charge on any atom is 0.271 e. The van der Waals surface area contributed by atoms with Crippen LogP contribution in [0.1, 0.15) is 24.1 Å². The summed E-state index contributed by atoms with van der Waals surface area (Å²) in [5.41, 5.74) is 2.24. The van der Waals surface area contributed by atoms with E-state index in [2.05, 4.69) is 27.2 Å². The molecular formula is C34H30BrN3O7S. The number of methoxy groups -OCH3 is 4. The highest BCUT2D eigenvalue weighted by molar-refractivity contribution is 9.10. The molecule has 12 heteroatoms. The molecule has 0 spiro atoms. The smallest absolute Gasteiger partial charge is 0.271 e. The van der Waals surface area contributed by atoms with E-state index in [0.717, 1.165) is 0 Å². The molecule has 2 heterocycles. The second-order valence-corrected chi connectivity index (χ2v) is 11.8. The van der Waals surface area contributed by atoms with Gasteiger partial charge in [0.05, 0.1) is 54.8 Å². The van der Waals surface area contributed by atoms with Crippen LogP contribution in [0.25, 0.3) is 6.08 Å². The van der Waals surface area contributed by atoms with E-state index < -0.39 is 11.9 Å². The van der Waals surface area contributed by atoms with E-state index >= 15 is 0 Å². The molecule has 0 saturated carbocycles. The predicted octanol–water partition coefficient (Wildman–Crippen LogP) is 4.68. The van der Waals surface area contributed by atoms with Crippen LogP contribution in [0, 0.1) is 12.3 Å². The number of nitrogens with one attached hydrogen (secondary N) is 1. The number of carbonyl (C=O) groups is 1. The van der Waals surface area contributed by atoms with Crippen LogP contribution in [0.3, 0.4) is 0 Å². The average molecular weight is 705 g/mol. The molecule has 46 heavy (non-hydrogen) atoms. The third kappa shape index (κ3) is 6.24. The van der Waals surface area contributed by atoms with Gasteiger partial charge in [-0.25, -0.2) is 4.99 Å². The quantitative estimate of drug-likeness (QED) is 0.239. The van der Waals surface area contributed by atoms with Gasteiger partial charge < -0.3 is 29.0 Å². The van der Waals surface area contributed by atoms with Crippen LogP contribution < -0.4 is 43.9 Å². The number of fused-ring (bicyclic) bond motifs is 1. The minimum atomic E-state index is -0.878. The SMILES string of the molecule is C#CCOc1c(Br)cc(/C=c2\sc3n(c2=O)[C@@H](c2cc(OC)c(OC)c(OC)c2)C(C(=O)Nc2ccccc2)=C(C)N=3)cc1OC. The zero-order valence-electron chi connectivity index (χ0n) is 25.7. The van der Waals surface area contributed by atoms with Gasteiger partial charge in [-0.3, -0.25) is 14.2 Å². The number of carbonyl (C=O) groups excluding carboxylic acids is 1. The second kappa shape index (κ2) is 14.0. The van der Waals surface area contributed by atoms with Gasteiger partial charge in [0.15, 0.2) is 27.8 Å². The summed E-state index contributed by atoms with van der Waals surface area (Å²) in [5, 5.41) is 2.95. The third-order valence-electron chi connectivity index (χ3n) is 7.15. The summed E-state index contributed by atoms with van der Waals surface area (Å²) in [4.78, 5) is 33.4. The van der Waals surface area contributed by atoms with Crippen molar-refractivity contribution < 1.29 is 28.5 Å². The van der Waals surface area contributed by atoms with E-state index in [4.69, 9.17) is 35.1 Å². The Morgan fingerprint density at radius 1 is 1.02 bits per heavy atom. The highest BCUT2D eigenvalue weighted by atomic mass is 79.9. The van der Waals surface area contributed by atoms with Crippen LogP contribution in [-0.4, -0.2) is 45.5 Å². The Morgan fingerprint density at radius 3 is 2.28 bits per heavy atom. The molecule has 1 aliphatic rings. The van der Waals surface area contributed by atoms with Gasteiger partial charge in [0.1, 0.15) is 6.61 Å². The fourth-order valence-electron chi connectivity index (χ4n) is 5.13. The summed E-state index contributed by atoms with van der Waals surface area (Å²) in [7, 11) is 6.04. The van der Waals surface area contributed by atoms with Crippen molar-refractivity contribution in [2.45, 2.75) is 13.0 Å². The number of terminal acetylenes is 1. The molecule has 236 valence electrons. The van der Waals surface area contributed by atoms with Crippen molar-refractivity contribution in [3.63, 3.8) is 0 Å². The van der Waals surface area contributed by atoms with E-state index in [9.17, 15) is 9.59 Å². The van der Waals surface area contributed by atoms with Crippen molar-refractivity contribution in [2.24, 2.45) is 4.99 Å². The lowest BCUT2D eigenvalue weighted by Gasteiger charge is -2.26. The fraction of sp³-hybridized carbons (Fsp3) is 0.206. The van der Waals surface area contributed by atoms with Gasteiger partial charge in [-0.1, -0.05) is 35.5 Å². The summed E-state index contributed by atoms with van der Waals surface area (Å²) in [6, 6.07) is 15.2. The monoisotopic (exact) mass is 703 g/mol. The maximum absolute atomic E-state index is 14.3. The summed E-state index contributed by atoms with van der Waals surface area (Å²) in [5.74, 6) is 4.05. The molecule has 1 amide bonds. The molecule has 0 fully saturated rings. The van der Waals surface area contributed by atoms with Crippen LogP contribution >= 0.6 is 27.3 Å². The summed E-state index contributed by atoms with van der Waals surface area (Å²) < 4.78 is 30.5. The molecule has 3 aromatic carbocycles. The highest BCUT2D eigenvalue weighted by Gasteiger charge is 2.34. The molecule has 0 unspecified atom stereocenters. The Morgan fingerprint density at radius 2 is 1.67 bits per heavy atom. The number of benzene rings is 3. The first-order valence-corrected chi connectivity index (χ1v) is 15.5. The predicted molar refractivity (Wildman–Crippen MR) is 180 cm³/mol. The van der Waals surface area contributed by atoms with Gasteiger partial charge in [-0.2, -0.15) is 0 Å². The lowest BCUT2D eigenvalue weighted by atomic mass is 9.94. The Labute approximate surface area is 277 Å². The molecule has 4 aromatic rings. The number of para-hydroxylation sites is 1. The van der Waals surface area contributed by atoms with Crippen molar-refractivity contribution in [1.29, 1.82) is 0 Å². The van der Waals surface area contributed by atoms with Gasteiger partial charge in [-0.05, 0) is 76.5 Å². The van der Waals surface area contributed by atoms with Gasteiger partial charge in [0, 0.05) is 5.69 Å². The van der Waals surface area contributed by atoms with Crippen LogP contribution in [0.4, 0.5) is 5.69 Å². The topological polar surface area (TPSA) is 110 Å². The number of ether oxygens (including phenoxy) is 5. The van der Waals surface area contributed by atoms with Crippen molar-refractivity contribution in [3.05, 3.63) is 101 Å². The van der Waals surface area contributed by atoms with Crippen molar-refractivity contribution in [1.82, 2.24) is 4.57 Å². The van der Waals surface area contributed by atoms with Gasteiger partial charge in [0.25, 0.3) is 11.5 Å². The molecule has 0 bridgehead atoms. The third-order valence-corrected chi connectivity index (χ3v) is 8.72. The zero-order chi connectivity index (χ0) is 33.0. The molecule has 1 aromatic heterocycles. The van der Waals surface area contributed by atoms with E-state index in [1.807, 2.05) is 18.2 Å². The first-order chi connectivity index (χ1) is 22.2. The number of nitrogens with zero attached hydrogens (tertiary/aromatic N) is 2. The van der Waals surface area contributed by atoms with Gasteiger partial charge in [-0.15, -0.1) is 6.42 Å². The molecule has 0 saturated heterocycles. The first kappa shape index (κ1) is 32.4. The highest BCUT2D eigenvalue weighted by Crippen LogP contribution is 2.42. The van der Waals surface area contributed by atoms with E-state index in [-0.39, 0.29) is 17.7 Å². The van der Waals surface area contributed by atoms with E-state index in [1.54, 1.807) is 49.4 Å². The van der Waals surface area contributed by atoms with Crippen molar-refractivity contribution in [3.8, 4) is 41.1 Å². The lowest BCUT2D eigenvalue weighted by Crippen LogP contribution is -2.40. The van der Waals surface area contributed by atoms with Gasteiger partial charge >= 0.3 is 0 Å². The Kier molecular flexibility index (Phi) is 9.84. The molecule has 1 N–H and O–H groups in total. The van der Waals surface area contributed by atoms with E-state index in [1.165, 1.54) is 44.3 Å². The Hall–Kier alpha value is -4.99. The number of thiazole rings is 1. The van der Waals surface area contributed by atoms with Crippen LogP contribution in [0.2, 0.25) is 0 Å². The Balaban J connectivity index is 1.72. The first-order valence-electron chi connectivity index (χ1n) is 13.9. The Bertz CT molecular complexity index is 2040. The number of hydrogen-bond donors (Lipinski definition) is 1. The number of halogens is 1. The minimum Gasteiger partial charge on any atom is -0.493 e. The van der Waals surface area contributed by atoms with Crippen LogP contribution in [-0.2, 0) is 4.79 Å². The number of amides is 1. The molecule has 5 rings (SSSR count). The molecular weight excluding hydrogens is 674 g/mol. The minimum absolute atomic E-state index is 0.0629. The lowest BCUT2D eigenvalue weighted by molar-refractivity contribution is -0.113. The van der Waals surface area contributed by atoms with Crippen molar-refractivity contribution in [2.75, 3.05) is 40.4 Å². The maximum atomic E-state index is 14.3. The molecule has 1 atom stereocenters. The molecule has 10 nitrogen and oxygen atoms in total. The summed E-state index contributed by atoms with van der Waals surface area (Å²) in [6.45, 7) is 1.81. The number of allylic oxidation sites excluding steroid dienone is 1. The fourth-order valence-corrected chi connectivity index (χ4v) is 6.76. The van der Waals surface area contributed by atoms with Crippen molar-refractivity contribution >= 4 is 44.9 Å². The number of aromatic nitrogens is 1. The number of rotatable bonds is 10. The molecule has 0 radical (unpaired) electrons.